The predicted molar refractivity (Wildman–Crippen MR) is 33.9 cm³/mol. The third kappa shape index (κ3) is 5.92. The molecule has 0 amide bonds. The average Bonchev–Trinajstić information content (AvgIpc) is 1.81. The van der Waals surface area contributed by atoms with E-state index in [4.69, 9.17) is 5.11 Å². The van der Waals surface area contributed by atoms with Gasteiger partial charge in [0.05, 0.1) is 6.61 Å². The maximum Gasteiger partial charge on any atom is 0.146 e. The fourth-order valence-electron chi connectivity index (χ4n) is 0.452. The Morgan fingerprint density at radius 3 is 2.62 bits per heavy atom. The summed E-state index contributed by atoms with van der Waals surface area (Å²) in [5, 5.41) is 8.31. The largest absolute Gasteiger partial charge is 0.434 e. The van der Waals surface area contributed by atoms with Gasteiger partial charge in [-0.3, -0.25) is 0 Å². The molecule has 0 aromatic rings. The Kier molecular flexibility index (Phi) is 6.85. The Labute approximate surface area is 50.5 Å². The van der Waals surface area contributed by atoms with Crippen LogP contribution in [0.2, 0.25) is 0 Å². The Hall–Kier alpha value is -0.0800. The van der Waals surface area contributed by atoms with Crippen molar-refractivity contribution in [3.63, 3.8) is 0 Å². The number of rotatable bonds is 5. The smallest absolute Gasteiger partial charge is 0.146 e. The van der Waals surface area contributed by atoms with Crippen LogP contribution in [0.4, 0.5) is 0 Å². The van der Waals surface area contributed by atoms with Crippen LogP contribution in [0.5, 0.6) is 0 Å². The molecule has 2 N–H and O–H groups in total. The standard InChI is InChI=1S/C6H14O2/c1-2-5-8-6-3-4-7/h7H,2-6H2,1H3/p+1. The topological polar surface area (TPSA) is 33.0 Å². The lowest BCUT2D eigenvalue weighted by atomic mass is 10.5. The van der Waals surface area contributed by atoms with Crippen LogP contribution < -0.4 is 0 Å². The summed E-state index contributed by atoms with van der Waals surface area (Å²) >= 11 is 0. The Balaban J connectivity index is 2.53. The quantitative estimate of drug-likeness (QED) is 0.410. The van der Waals surface area contributed by atoms with Crippen LogP contribution in [0.15, 0.2) is 0 Å². The highest BCUT2D eigenvalue weighted by molar-refractivity contribution is 4.28. The fourth-order valence-corrected chi connectivity index (χ4v) is 0.452. The van der Waals surface area contributed by atoms with E-state index < -0.39 is 0 Å². The van der Waals surface area contributed by atoms with Crippen molar-refractivity contribution in [2.75, 3.05) is 19.8 Å². The summed E-state index contributed by atoms with van der Waals surface area (Å²) in [6.07, 6.45) is 1.94. The second kappa shape index (κ2) is 6.92. The monoisotopic (exact) mass is 119 g/mol. The van der Waals surface area contributed by atoms with Gasteiger partial charge in [-0.2, -0.15) is 0 Å². The highest BCUT2D eigenvalue weighted by Gasteiger charge is 1.86. The minimum Gasteiger partial charge on any atom is -0.434 e. The maximum atomic E-state index is 8.31. The third-order valence-electron chi connectivity index (χ3n) is 0.856. The van der Waals surface area contributed by atoms with E-state index in [1.807, 2.05) is 0 Å². The van der Waals surface area contributed by atoms with Gasteiger partial charge in [0.1, 0.15) is 13.2 Å². The van der Waals surface area contributed by atoms with Gasteiger partial charge in [-0.05, 0) is 0 Å². The fraction of sp³-hybridized carbons (Fsp3) is 1.00. The van der Waals surface area contributed by atoms with E-state index in [9.17, 15) is 0 Å². The molecule has 2 heteroatoms. The number of aliphatic hydroxyl groups excluding tert-OH is 1. The zero-order valence-corrected chi connectivity index (χ0v) is 5.43. The molecule has 0 rings (SSSR count). The minimum absolute atomic E-state index is 0.271. The highest BCUT2D eigenvalue weighted by atomic mass is 16.5. The molecule has 0 heterocycles. The molecule has 0 fully saturated rings. The van der Waals surface area contributed by atoms with Crippen molar-refractivity contribution in [2.45, 2.75) is 19.8 Å². The summed E-state index contributed by atoms with van der Waals surface area (Å²) in [6.45, 7) is 4.14. The Bertz CT molecular complexity index is 31.5. The SMILES string of the molecule is CCC[OH+]CCCO. The molecular weight excluding hydrogens is 104 g/mol. The summed E-state index contributed by atoms with van der Waals surface area (Å²) in [5.41, 5.74) is 0. The Morgan fingerprint density at radius 1 is 1.38 bits per heavy atom. The van der Waals surface area contributed by atoms with Gasteiger partial charge in [0.25, 0.3) is 0 Å². The van der Waals surface area contributed by atoms with Gasteiger partial charge in [0.15, 0.2) is 0 Å². The number of ether oxygens (including phenoxy) is 1. The molecule has 0 unspecified atom stereocenters. The molecule has 2 nitrogen and oxygen atoms in total. The van der Waals surface area contributed by atoms with Gasteiger partial charge in [-0.25, -0.2) is 0 Å². The first-order valence-corrected chi connectivity index (χ1v) is 3.16. The highest BCUT2D eigenvalue weighted by Crippen LogP contribution is 1.78. The first-order valence-electron chi connectivity index (χ1n) is 3.16. The second-order valence-corrected chi connectivity index (χ2v) is 1.75. The van der Waals surface area contributed by atoms with Crippen molar-refractivity contribution in [1.82, 2.24) is 0 Å². The van der Waals surface area contributed by atoms with Crippen molar-refractivity contribution in [3.8, 4) is 0 Å². The van der Waals surface area contributed by atoms with Gasteiger partial charge in [-0.15, -0.1) is 0 Å². The second-order valence-electron chi connectivity index (χ2n) is 1.75. The molecule has 0 aromatic heterocycles. The van der Waals surface area contributed by atoms with Crippen molar-refractivity contribution in [1.29, 1.82) is 0 Å². The van der Waals surface area contributed by atoms with E-state index in [0.29, 0.717) is 0 Å². The lowest BCUT2D eigenvalue weighted by Gasteiger charge is -1.94. The van der Waals surface area contributed by atoms with E-state index >= 15 is 0 Å². The van der Waals surface area contributed by atoms with Crippen molar-refractivity contribution < 1.29 is 9.84 Å². The zero-order valence-electron chi connectivity index (χ0n) is 5.43. The summed E-state index contributed by atoms with van der Waals surface area (Å²) < 4.78 is 4.12. The number of aliphatic hydroxyl groups is 3. The van der Waals surface area contributed by atoms with Crippen LogP contribution in [0.3, 0.4) is 0 Å². The van der Waals surface area contributed by atoms with Gasteiger partial charge in [0.2, 0.25) is 0 Å². The van der Waals surface area contributed by atoms with Crippen LogP contribution in [-0.4, -0.2) is 29.7 Å². The molecule has 0 saturated heterocycles. The predicted octanol–water partition coefficient (Wildman–Crippen LogP) is 0.307. The lowest BCUT2D eigenvalue weighted by Crippen LogP contribution is -2.02. The molecular formula is C6H15O2+. The molecule has 8 heavy (non-hydrogen) atoms. The van der Waals surface area contributed by atoms with Crippen molar-refractivity contribution >= 4 is 0 Å². The van der Waals surface area contributed by atoms with E-state index in [-0.39, 0.29) is 6.61 Å². The number of hydrogen-bond acceptors (Lipinski definition) is 1. The molecule has 0 aromatic carbocycles. The average molecular weight is 119 g/mol. The van der Waals surface area contributed by atoms with Crippen LogP contribution in [-0.2, 0) is 0 Å². The lowest BCUT2D eigenvalue weighted by molar-refractivity contribution is -0.0428. The van der Waals surface area contributed by atoms with E-state index in [1.54, 1.807) is 0 Å². The molecule has 0 bridgehead atoms. The first kappa shape index (κ1) is 7.92. The molecule has 0 atom stereocenters. The van der Waals surface area contributed by atoms with Crippen LogP contribution in [0.25, 0.3) is 0 Å². The molecule has 50 valence electrons. The number of hydrogen-bond donors (Lipinski definition) is 1. The van der Waals surface area contributed by atoms with Gasteiger partial charge < -0.3 is 9.84 Å². The Morgan fingerprint density at radius 2 is 2.12 bits per heavy atom. The summed E-state index contributed by atoms with van der Waals surface area (Å²) in [6, 6.07) is 0. The van der Waals surface area contributed by atoms with Crippen LogP contribution >= 0.6 is 0 Å². The van der Waals surface area contributed by atoms with Crippen molar-refractivity contribution in [2.24, 2.45) is 0 Å². The summed E-state index contributed by atoms with van der Waals surface area (Å²) in [5.74, 6) is 0. The van der Waals surface area contributed by atoms with Gasteiger partial charge >= 0.3 is 0 Å². The molecule has 0 aliphatic rings. The van der Waals surface area contributed by atoms with E-state index in [2.05, 4.69) is 11.7 Å². The molecule has 0 spiro atoms. The van der Waals surface area contributed by atoms with Crippen LogP contribution in [0, 0.1) is 0 Å². The molecule has 0 radical (unpaired) electrons. The van der Waals surface area contributed by atoms with Gasteiger partial charge in [-0.1, -0.05) is 6.92 Å². The van der Waals surface area contributed by atoms with Gasteiger partial charge in [0, 0.05) is 12.8 Å². The normalized spacial score (nSPS) is 9.75. The third-order valence-corrected chi connectivity index (χ3v) is 0.856. The zero-order chi connectivity index (χ0) is 6.24. The van der Waals surface area contributed by atoms with Crippen LogP contribution in [0.1, 0.15) is 19.8 Å². The molecule has 0 aliphatic heterocycles. The first-order chi connectivity index (χ1) is 3.91. The summed E-state index contributed by atoms with van der Waals surface area (Å²) in [7, 11) is 0. The minimum atomic E-state index is 0.271. The molecule has 0 aliphatic carbocycles. The summed E-state index contributed by atoms with van der Waals surface area (Å²) in [4.78, 5) is 0. The van der Waals surface area contributed by atoms with E-state index in [1.165, 1.54) is 0 Å². The maximum absolute atomic E-state index is 8.31. The van der Waals surface area contributed by atoms with E-state index in [0.717, 1.165) is 26.1 Å². The van der Waals surface area contributed by atoms with Crippen molar-refractivity contribution in [3.05, 3.63) is 0 Å². The molecule has 0 saturated carbocycles.